The minimum Gasteiger partial charge on any atom is -0.390 e. The molecular formula is C19H23NO3. The van der Waals surface area contributed by atoms with E-state index in [-0.39, 0.29) is 18.4 Å². The van der Waals surface area contributed by atoms with E-state index in [1.165, 1.54) is 0 Å². The zero-order chi connectivity index (χ0) is 16.7. The van der Waals surface area contributed by atoms with E-state index in [4.69, 9.17) is 0 Å². The lowest BCUT2D eigenvalue weighted by Gasteiger charge is -2.24. The number of aliphatic hydroxyl groups is 2. The van der Waals surface area contributed by atoms with Gasteiger partial charge in [-0.05, 0) is 24.1 Å². The molecule has 4 nitrogen and oxygen atoms in total. The van der Waals surface area contributed by atoms with E-state index in [1.54, 1.807) is 12.1 Å². The van der Waals surface area contributed by atoms with E-state index in [0.717, 1.165) is 5.56 Å². The molecule has 0 fully saturated rings. The van der Waals surface area contributed by atoms with Crippen molar-refractivity contribution in [2.24, 2.45) is 0 Å². The van der Waals surface area contributed by atoms with Crippen LogP contribution in [0.5, 0.6) is 0 Å². The third-order valence-corrected chi connectivity index (χ3v) is 3.88. The van der Waals surface area contributed by atoms with Crippen LogP contribution in [0.2, 0.25) is 0 Å². The average Bonchev–Trinajstić information content (AvgIpc) is 2.61. The van der Waals surface area contributed by atoms with Crippen molar-refractivity contribution in [3.8, 4) is 0 Å². The molecule has 2 aromatic carbocycles. The third-order valence-electron chi connectivity index (χ3n) is 3.88. The standard InChI is InChI=1S/C19H23NO3/c1-2-17(21)18(22)13-16(14-9-5-3-6-10-14)20-19(23)15-11-7-4-8-12-15/h3-12,16-18,21-22H,2,13H2,1H3,(H,20,23)/t16?,17-,18-/m1/s1. The van der Waals surface area contributed by atoms with Crippen LogP contribution in [0, 0.1) is 0 Å². The van der Waals surface area contributed by atoms with Gasteiger partial charge in [-0.25, -0.2) is 0 Å². The van der Waals surface area contributed by atoms with Gasteiger partial charge in [0.25, 0.3) is 5.91 Å². The van der Waals surface area contributed by atoms with Gasteiger partial charge >= 0.3 is 0 Å². The van der Waals surface area contributed by atoms with Crippen molar-refractivity contribution < 1.29 is 15.0 Å². The molecule has 3 N–H and O–H groups in total. The van der Waals surface area contributed by atoms with Crippen LogP contribution < -0.4 is 5.32 Å². The van der Waals surface area contributed by atoms with Gasteiger partial charge in [0.1, 0.15) is 0 Å². The molecule has 3 atom stereocenters. The molecule has 0 bridgehead atoms. The molecular weight excluding hydrogens is 290 g/mol. The number of nitrogens with one attached hydrogen (secondary N) is 1. The van der Waals surface area contributed by atoms with Crippen molar-refractivity contribution >= 4 is 5.91 Å². The zero-order valence-electron chi connectivity index (χ0n) is 13.2. The third kappa shape index (κ3) is 4.91. The molecule has 0 aliphatic rings. The predicted octanol–water partition coefficient (Wildman–Crippen LogP) is 2.68. The van der Waals surface area contributed by atoms with E-state index in [1.807, 2.05) is 55.5 Å². The predicted molar refractivity (Wildman–Crippen MR) is 90.0 cm³/mol. The second-order valence-corrected chi connectivity index (χ2v) is 5.58. The molecule has 0 radical (unpaired) electrons. The zero-order valence-corrected chi connectivity index (χ0v) is 13.2. The monoisotopic (exact) mass is 313 g/mol. The first-order valence-corrected chi connectivity index (χ1v) is 7.88. The maximum absolute atomic E-state index is 12.4. The fourth-order valence-corrected chi connectivity index (χ4v) is 2.47. The quantitative estimate of drug-likeness (QED) is 0.736. The maximum Gasteiger partial charge on any atom is 0.251 e. The fraction of sp³-hybridized carbons (Fsp3) is 0.316. The van der Waals surface area contributed by atoms with E-state index in [0.29, 0.717) is 12.0 Å². The van der Waals surface area contributed by atoms with E-state index in [2.05, 4.69) is 5.32 Å². The summed E-state index contributed by atoms with van der Waals surface area (Å²) >= 11 is 0. The highest BCUT2D eigenvalue weighted by Gasteiger charge is 2.23. The number of carbonyl (C=O) groups excluding carboxylic acids is 1. The molecule has 1 unspecified atom stereocenters. The van der Waals surface area contributed by atoms with Crippen LogP contribution in [0.15, 0.2) is 60.7 Å². The molecule has 0 aliphatic carbocycles. The second kappa shape index (κ2) is 8.46. The Morgan fingerprint density at radius 3 is 2.09 bits per heavy atom. The Morgan fingerprint density at radius 1 is 0.957 bits per heavy atom. The van der Waals surface area contributed by atoms with E-state index < -0.39 is 12.2 Å². The van der Waals surface area contributed by atoms with Crippen molar-refractivity contribution in [2.45, 2.75) is 38.0 Å². The van der Waals surface area contributed by atoms with Crippen LogP contribution in [0.1, 0.15) is 41.7 Å². The minimum absolute atomic E-state index is 0.197. The molecule has 2 rings (SSSR count). The number of amides is 1. The molecule has 122 valence electrons. The normalized spacial score (nSPS) is 14.7. The molecule has 0 aliphatic heterocycles. The first kappa shape index (κ1) is 17.2. The van der Waals surface area contributed by atoms with E-state index in [9.17, 15) is 15.0 Å². The number of benzene rings is 2. The van der Waals surface area contributed by atoms with Crippen molar-refractivity contribution in [1.82, 2.24) is 5.32 Å². The molecule has 1 amide bonds. The first-order chi connectivity index (χ1) is 11.1. The number of aliphatic hydroxyl groups excluding tert-OH is 2. The largest absolute Gasteiger partial charge is 0.390 e. The van der Waals surface area contributed by atoms with Crippen LogP contribution in [0.4, 0.5) is 0 Å². The number of hydrogen-bond donors (Lipinski definition) is 3. The molecule has 0 heterocycles. The summed E-state index contributed by atoms with van der Waals surface area (Å²) in [4.78, 5) is 12.4. The topological polar surface area (TPSA) is 69.6 Å². The first-order valence-electron chi connectivity index (χ1n) is 7.88. The SMILES string of the molecule is CC[C@@H](O)[C@H](O)CC(NC(=O)c1ccccc1)c1ccccc1. The summed E-state index contributed by atoms with van der Waals surface area (Å²) in [6.45, 7) is 1.81. The summed E-state index contributed by atoms with van der Waals surface area (Å²) in [7, 11) is 0. The highest BCUT2D eigenvalue weighted by molar-refractivity contribution is 5.94. The Labute approximate surface area is 136 Å². The lowest BCUT2D eigenvalue weighted by molar-refractivity contribution is 0.00683. The van der Waals surface area contributed by atoms with Gasteiger partial charge in [-0.1, -0.05) is 55.5 Å². The molecule has 0 saturated carbocycles. The number of carbonyl (C=O) groups is 1. The Hall–Kier alpha value is -2.17. The Bertz CT molecular complexity index is 601. The molecule has 23 heavy (non-hydrogen) atoms. The smallest absolute Gasteiger partial charge is 0.251 e. The summed E-state index contributed by atoms with van der Waals surface area (Å²) in [5.74, 6) is -0.197. The molecule has 0 saturated heterocycles. The second-order valence-electron chi connectivity index (χ2n) is 5.58. The lowest BCUT2D eigenvalue weighted by Crippen LogP contribution is -2.35. The molecule has 0 aromatic heterocycles. The molecule has 2 aromatic rings. The van der Waals surface area contributed by atoms with E-state index >= 15 is 0 Å². The van der Waals surface area contributed by atoms with Gasteiger partial charge in [-0.3, -0.25) is 4.79 Å². The highest BCUT2D eigenvalue weighted by Crippen LogP contribution is 2.21. The van der Waals surface area contributed by atoms with Crippen LogP contribution in [-0.4, -0.2) is 28.3 Å². The van der Waals surface area contributed by atoms with Gasteiger partial charge in [-0.15, -0.1) is 0 Å². The van der Waals surface area contributed by atoms with Gasteiger partial charge in [0, 0.05) is 12.0 Å². The fourth-order valence-electron chi connectivity index (χ4n) is 2.47. The van der Waals surface area contributed by atoms with Gasteiger partial charge in [-0.2, -0.15) is 0 Å². The summed E-state index contributed by atoms with van der Waals surface area (Å²) in [5, 5.41) is 22.9. The summed E-state index contributed by atoms with van der Waals surface area (Å²) in [6, 6.07) is 18.1. The minimum atomic E-state index is -0.888. The van der Waals surface area contributed by atoms with Crippen LogP contribution in [0.3, 0.4) is 0 Å². The van der Waals surface area contributed by atoms with Gasteiger partial charge in [0.05, 0.1) is 18.2 Å². The van der Waals surface area contributed by atoms with Crippen molar-refractivity contribution in [3.05, 3.63) is 71.8 Å². The maximum atomic E-state index is 12.4. The van der Waals surface area contributed by atoms with Crippen LogP contribution in [-0.2, 0) is 0 Å². The summed E-state index contributed by atoms with van der Waals surface area (Å²) in [5.41, 5.74) is 1.47. The van der Waals surface area contributed by atoms with Crippen LogP contribution in [0.25, 0.3) is 0 Å². The number of hydrogen-bond acceptors (Lipinski definition) is 3. The Morgan fingerprint density at radius 2 is 1.52 bits per heavy atom. The highest BCUT2D eigenvalue weighted by atomic mass is 16.3. The Kier molecular flexibility index (Phi) is 6.32. The average molecular weight is 313 g/mol. The van der Waals surface area contributed by atoms with Crippen molar-refractivity contribution in [2.75, 3.05) is 0 Å². The lowest BCUT2D eigenvalue weighted by atomic mass is 9.97. The molecule has 0 spiro atoms. The van der Waals surface area contributed by atoms with Gasteiger partial charge in [0.15, 0.2) is 0 Å². The summed E-state index contributed by atoms with van der Waals surface area (Å²) in [6.07, 6.45) is -0.955. The van der Waals surface area contributed by atoms with Crippen molar-refractivity contribution in [3.63, 3.8) is 0 Å². The Balaban J connectivity index is 2.15. The van der Waals surface area contributed by atoms with Crippen LogP contribution >= 0.6 is 0 Å². The van der Waals surface area contributed by atoms with Crippen molar-refractivity contribution in [1.29, 1.82) is 0 Å². The molecule has 4 heteroatoms. The number of rotatable bonds is 7. The summed E-state index contributed by atoms with van der Waals surface area (Å²) < 4.78 is 0. The van der Waals surface area contributed by atoms with Gasteiger partial charge in [0.2, 0.25) is 0 Å². The van der Waals surface area contributed by atoms with Gasteiger partial charge < -0.3 is 15.5 Å².